The molecule has 5 heteroatoms. The van der Waals surface area contributed by atoms with Crippen LogP contribution in [0.3, 0.4) is 0 Å². The first-order valence-corrected chi connectivity index (χ1v) is 5.89. The molecule has 0 radical (unpaired) electrons. The number of benzene rings is 1. The molecule has 0 amide bonds. The minimum Gasteiger partial charge on any atom is -0.337 e. The Balaban J connectivity index is 1.90. The minimum atomic E-state index is -0.417. The van der Waals surface area contributed by atoms with Gasteiger partial charge in [-0.25, -0.2) is 0 Å². The van der Waals surface area contributed by atoms with E-state index in [4.69, 9.17) is 10.3 Å². The van der Waals surface area contributed by atoms with E-state index >= 15 is 0 Å². The lowest BCUT2D eigenvalue weighted by Gasteiger charge is -2.05. The predicted octanol–water partition coefficient (Wildman–Crippen LogP) is 2.18. The Morgan fingerprint density at radius 3 is 2.63 bits per heavy atom. The lowest BCUT2D eigenvalue weighted by Crippen LogP contribution is -2.11. The zero-order chi connectivity index (χ0) is 13.1. The van der Waals surface area contributed by atoms with Crippen LogP contribution in [0, 0.1) is 0 Å². The van der Waals surface area contributed by atoms with Crippen molar-refractivity contribution >= 4 is 0 Å². The van der Waals surface area contributed by atoms with E-state index in [-0.39, 0.29) is 0 Å². The highest BCUT2D eigenvalue weighted by molar-refractivity contribution is 5.52. The van der Waals surface area contributed by atoms with Gasteiger partial charge in [0.05, 0.1) is 0 Å². The Labute approximate surface area is 110 Å². The fraction of sp³-hybridized carbons (Fsp3) is 0.0714. The van der Waals surface area contributed by atoms with Crippen molar-refractivity contribution in [1.82, 2.24) is 15.1 Å². The summed E-state index contributed by atoms with van der Waals surface area (Å²) in [5.74, 6) is 0.888. The smallest absolute Gasteiger partial charge is 0.248 e. The van der Waals surface area contributed by atoms with Gasteiger partial charge in [0.15, 0.2) is 0 Å². The fourth-order valence-electron chi connectivity index (χ4n) is 1.78. The molecular formula is C14H12N4O. The molecule has 2 aromatic heterocycles. The summed E-state index contributed by atoms with van der Waals surface area (Å²) in [5, 5.41) is 3.93. The van der Waals surface area contributed by atoms with Gasteiger partial charge >= 0.3 is 0 Å². The number of rotatable bonds is 3. The van der Waals surface area contributed by atoms with Crippen molar-refractivity contribution in [3.63, 3.8) is 0 Å². The van der Waals surface area contributed by atoms with Gasteiger partial charge in [0.1, 0.15) is 6.04 Å². The van der Waals surface area contributed by atoms with Crippen LogP contribution >= 0.6 is 0 Å². The van der Waals surface area contributed by atoms with Crippen LogP contribution < -0.4 is 5.73 Å². The first kappa shape index (κ1) is 11.6. The van der Waals surface area contributed by atoms with E-state index in [9.17, 15) is 0 Å². The molecule has 0 saturated heterocycles. The Hall–Kier alpha value is -2.53. The van der Waals surface area contributed by atoms with Gasteiger partial charge in [-0.15, -0.1) is 0 Å². The highest BCUT2D eigenvalue weighted by Crippen LogP contribution is 2.20. The second-order valence-corrected chi connectivity index (χ2v) is 4.09. The van der Waals surface area contributed by atoms with Gasteiger partial charge in [-0.2, -0.15) is 4.98 Å². The quantitative estimate of drug-likeness (QED) is 0.773. The maximum atomic E-state index is 6.10. The number of nitrogens with two attached hydrogens (primary N) is 1. The van der Waals surface area contributed by atoms with Crippen molar-refractivity contribution < 1.29 is 4.52 Å². The normalized spacial score (nSPS) is 12.3. The number of nitrogens with zero attached hydrogens (tertiary/aromatic N) is 3. The van der Waals surface area contributed by atoms with Gasteiger partial charge in [-0.05, 0) is 17.7 Å². The molecule has 0 aliphatic heterocycles. The third-order valence-corrected chi connectivity index (χ3v) is 2.79. The van der Waals surface area contributed by atoms with Gasteiger partial charge in [-0.1, -0.05) is 35.5 Å². The molecule has 0 bridgehead atoms. The maximum absolute atomic E-state index is 6.10. The fourth-order valence-corrected chi connectivity index (χ4v) is 1.78. The summed E-state index contributed by atoms with van der Waals surface area (Å²) in [6, 6.07) is 12.9. The van der Waals surface area contributed by atoms with Crippen LogP contribution in [-0.2, 0) is 0 Å². The van der Waals surface area contributed by atoms with Crippen LogP contribution in [0.15, 0.2) is 59.4 Å². The summed E-state index contributed by atoms with van der Waals surface area (Å²) >= 11 is 0. The molecule has 0 aliphatic rings. The summed E-state index contributed by atoms with van der Waals surface area (Å²) in [4.78, 5) is 8.33. The zero-order valence-corrected chi connectivity index (χ0v) is 10.1. The van der Waals surface area contributed by atoms with Crippen LogP contribution in [-0.4, -0.2) is 15.1 Å². The van der Waals surface area contributed by atoms with Gasteiger partial charge in [0.25, 0.3) is 0 Å². The van der Waals surface area contributed by atoms with E-state index in [0.29, 0.717) is 11.7 Å². The van der Waals surface area contributed by atoms with Crippen LogP contribution in [0.4, 0.5) is 0 Å². The predicted molar refractivity (Wildman–Crippen MR) is 70.0 cm³/mol. The molecule has 19 heavy (non-hydrogen) atoms. The average Bonchev–Trinajstić information content (AvgIpc) is 2.98. The van der Waals surface area contributed by atoms with Gasteiger partial charge in [-0.3, -0.25) is 4.98 Å². The number of aromatic nitrogens is 3. The van der Waals surface area contributed by atoms with E-state index in [1.165, 1.54) is 0 Å². The van der Waals surface area contributed by atoms with Gasteiger partial charge in [0, 0.05) is 18.0 Å². The highest BCUT2D eigenvalue weighted by Gasteiger charge is 2.17. The highest BCUT2D eigenvalue weighted by atomic mass is 16.5. The Morgan fingerprint density at radius 2 is 1.89 bits per heavy atom. The molecule has 1 aromatic carbocycles. The van der Waals surface area contributed by atoms with E-state index in [2.05, 4.69) is 15.1 Å². The number of hydrogen-bond acceptors (Lipinski definition) is 5. The molecule has 94 valence electrons. The molecule has 5 nitrogen and oxygen atoms in total. The van der Waals surface area contributed by atoms with Crippen LogP contribution in [0.5, 0.6) is 0 Å². The Bertz CT molecular complexity index is 651. The SMILES string of the molecule is NC(c1ccccc1)c1nc(-c2cccnc2)no1. The number of hydrogen-bond donors (Lipinski definition) is 1. The zero-order valence-electron chi connectivity index (χ0n) is 10.1. The number of pyridine rings is 1. The molecule has 3 aromatic rings. The standard InChI is InChI=1S/C14H12N4O/c15-12(10-5-2-1-3-6-10)14-17-13(18-19-14)11-7-4-8-16-9-11/h1-9,12H,15H2. The summed E-state index contributed by atoms with van der Waals surface area (Å²) in [6.07, 6.45) is 3.38. The minimum absolute atomic E-state index is 0.394. The lowest BCUT2D eigenvalue weighted by atomic mass is 10.1. The van der Waals surface area contributed by atoms with Crippen molar-refractivity contribution in [3.05, 3.63) is 66.3 Å². The van der Waals surface area contributed by atoms with Crippen molar-refractivity contribution in [2.75, 3.05) is 0 Å². The van der Waals surface area contributed by atoms with Crippen molar-refractivity contribution in [2.24, 2.45) is 5.73 Å². The topological polar surface area (TPSA) is 77.8 Å². The molecule has 2 heterocycles. The second kappa shape index (κ2) is 4.99. The summed E-state index contributed by atoms with van der Waals surface area (Å²) in [5.41, 5.74) is 7.83. The maximum Gasteiger partial charge on any atom is 0.248 e. The molecule has 0 saturated carbocycles. The summed E-state index contributed by atoms with van der Waals surface area (Å²) in [6.45, 7) is 0. The molecule has 0 spiro atoms. The van der Waals surface area contributed by atoms with Gasteiger partial charge in [0.2, 0.25) is 11.7 Å². The molecule has 3 rings (SSSR count). The third-order valence-electron chi connectivity index (χ3n) is 2.79. The molecule has 0 aliphatic carbocycles. The van der Waals surface area contributed by atoms with Gasteiger partial charge < -0.3 is 10.3 Å². The van der Waals surface area contributed by atoms with E-state index in [0.717, 1.165) is 11.1 Å². The van der Waals surface area contributed by atoms with Crippen molar-refractivity contribution in [1.29, 1.82) is 0 Å². The molecule has 0 fully saturated rings. The second-order valence-electron chi connectivity index (χ2n) is 4.09. The monoisotopic (exact) mass is 252 g/mol. The Morgan fingerprint density at radius 1 is 1.05 bits per heavy atom. The van der Waals surface area contributed by atoms with E-state index < -0.39 is 6.04 Å². The van der Waals surface area contributed by atoms with Crippen LogP contribution in [0.25, 0.3) is 11.4 Å². The average molecular weight is 252 g/mol. The van der Waals surface area contributed by atoms with E-state index in [1.807, 2.05) is 42.5 Å². The van der Waals surface area contributed by atoms with Crippen molar-refractivity contribution in [3.8, 4) is 11.4 Å². The van der Waals surface area contributed by atoms with Crippen LogP contribution in [0.2, 0.25) is 0 Å². The molecule has 2 N–H and O–H groups in total. The third kappa shape index (κ3) is 2.36. The first-order valence-electron chi connectivity index (χ1n) is 5.89. The Kier molecular flexibility index (Phi) is 3.04. The summed E-state index contributed by atoms with van der Waals surface area (Å²) < 4.78 is 5.22. The molecular weight excluding hydrogens is 240 g/mol. The lowest BCUT2D eigenvalue weighted by molar-refractivity contribution is 0.367. The molecule has 1 atom stereocenters. The summed E-state index contributed by atoms with van der Waals surface area (Å²) in [7, 11) is 0. The van der Waals surface area contributed by atoms with E-state index in [1.54, 1.807) is 12.4 Å². The molecule has 1 unspecified atom stereocenters. The largest absolute Gasteiger partial charge is 0.337 e. The van der Waals surface area contributed by atoms with Crippen molar-refractivity contribution in [2.45, 2.75) is 6.04 Å². The first-order chi connectivity index (χ1) is 9.34. The van der Waals surface area contributed by atoms with Crippen LogP contribution in [0.1, 0.15) is 17.5 Å².